The van der Waals surface area contributed by atoms with Gasteiger partial charge in [-0.25, -0.2) is 4.39 Å². The topological polar surface area (TPSA) is 111 Å². The Morgan fingerprint density at radius 3 is 2.37 bits per heavy atom. The minimum absolute atomic E-state index is 0.0436. The van der Waals surface area contributed by atoms with Crippen molar-refractivity contribution in [3.05, 3.63) is 106 Å². The number of ketones is 1. The number of amides is 1. The lowest BCUT2D eigenvalue weighted by atomic mass is 9.94. The normalized spacial score (nSPS) is 15.8. The van der Waals surface area contributed by atoms with Gasteiger partial charge in [0.15, 0.2) is 15.8 Å². The van der Waals surface area contributed by atoms with Crippen molar-refractivity contribution in [2.45, 2.75) is 23.1 Å². The number of methoxy groups -OCH3 is 3. The summed E-state index contributed by atoms with van der Waals surface area (Å²) in [5, 5.41) is 22.5. The van der Waals surface area contributed by atoms with E-state index in [1.165, 1.54) is 50.1 Å². The number of fused-ring (bicyclic) bond motifs is 1. The van der Waals surface area contributed by atoms with Crippen LogP contribution in [-0.2, 0) is 15.3 Å². The predicted octanol–water partition coefficient (Wildman–Crippen LogP) is 7.08. The number of Topliss-reactive ketones (excluding diaryl/α,β-unsaturated/α-hetero) is 1. The van der Waals surface area contributed by atoms with Crippen LogP contribution in [0.25, 0.3) is 16.5 Å². The van der Waals surface area contributed by atoms with Gasteiger partial charge in [0, 0.05) is 11.3 Å². The highest BCUT2D eigenvalue weighted by Gasteiger charge is 2.49. The third kappa shape index (κ3) is 5.54. The zero-order valence-electron chi connectivity index (χ0n) is 25.2. The molecule has 0 spiro atoms. The number of nitrogens with zero attached hydrogens (tertiary/aromatic N) is 3. The Kier molecular flexibility index (Phi) is 8.65. The fourth-order valence-corrected chi connectivity index (χ4v) is 7.29. The molecular formula is C34H28FN3O6S2. The van der Waals surface area contributed by atoms with E-state index < -0.39 is 29.3 Å². The molecule has 1 aromatic heterocycles. The zero-order valence-corrected chi connectivity index (χ0v) is 26.9. The van der Waals surface area contributed by atoms with Crippen molar-refractivity contribution in [3.8, 4) is 17.2 Å². The molecule has 5 aromatic rings. The smallest absolute Gasteiger partial charge is 0.301 e. The first-order chi connectivity index (χ1) is 22.2. The maximum absolute atomic E-state index is 14.6. The second kappa shape index (κ2) is 12.8. The molecule has 1 atom stereocenters. The van der Waals surface area contributed by atoms with Crippen LogP contribution in [0.2, 0.25) is 0 Å². The van der Waals surface area contributed by atoms with Crippen LogP contribution in [0, 0.1) is 12.7 Å². The van der Waals surface area contributed by atoms with E-state index in [0.717, 1.165) is 33.7 Å². The van der Waals surface area contributed by atoms with Crippen molar-refractivity contribution in [1.82, 2.24) is 10.2 Å². The maximum atomic E-state index is 14.6. The van der Waals surface area contributed by atoms with Crippen LogP contribution in [0.4, 0.5) is 9.52 Å². The second-order valence-electron chi connectivity index (χ2n) is 10.4. The molecule has 2 heterocycles. The molecule has 1 aliphatic rings. The van der Waals surface area contributed by atoms with Crippen LogP contribution in [0.15, 0.2) is 82.7 Å². The number of rotatable bonds is 9. The van der Waals surface area contributed by atoms with Crippen molar-refractivity contribution in [2.75, 3.05) is 26.2 Å². The SMILES string of the molecule is COc1cc(C2/C(=C(\O)c3ccc(C)c(F)c3)C(=O)C(=O)N2c2nnc(SCc3cccc4ccccc34)s2)cc(OC)c1OC. The largest absolute Gasteiger partial charge is 0.507 e. The first-order valence-corrected chi connectivity index (χ1v) is 15.9. The van der Waals surface area contributed by atoms with Gasteiger partial charge in [0.2, 0.25) is 10.9 Å². The molecule has 9 nitrogen and oxygen atoms in total. The van der Waals surface area contributed by atoms with E-state index in [4.69, 9.17) is 14.2 Å². The van der Waals surface area contributed by atoms with Gasteiger partial charge in [0.05, 0.1) is 32.9 Å². The average Bonchev–Trinajstić information content (AvgIpc) is 3.65. The lowest BCUT2D eigenvalue weighted by Gasteiger charge is -2.24. The number of aromatic nitrogens is 2. The first-order valence-electron chi connectivity index (χ1n) is 14.1. The number of hydrogen-bond acceptors (Lipinski definition) is 10. The minimum Gasteiger partial charge on any atom is -0.507 e. The van der Waals surface area contributed by atoms with Crippen LogP contribution < -0.4 is 19.1 Å². The van der Waals surface area contributed by atoms with E-state index in [-0.39, 0.29) is 27.8 Å². The van der Waals surface area contributed by atoms with Gasteiger partial charge in [-0.05, 0) is 52.6 Å². The van der Waals surface area contributed by atoms with Crippen molar-refractivity contribution in [1.29, 1.82) is 0 Å². The van der Waals surface area contributed by atoms with Gasteiger partial charge in [-0.15, -0.1) is 10.2 Å². The van der Waals surface area contributed by atoms with Crippen LogP contribution >= 0.6 is 23.1 Å². The standard InChI is InChI=1S/C34H28FN3O6S2/c1-18-12-13-20(14-24(18)35)29(39)27-28(22-15-25(42-2)31(44-4)26(16-22)43-3)38(32(41)30(27)40)33-36-37-34(46-33)45-17-21-10-7-9-19-8-5-6-11-23(19)21/h5-16,28,39H,17H2,1-4H3/b29-27+. The van der Waals surface area contributed by atoms with Gasteiger partial charge in [0.1, 0.15) is 11.6 Å². The highest BCUT2D eigenvalue weighted by atomic mass is 32.2. The number of anilines is 1. The Labute approximate surface area is 272 Å². The number of ether oxygens (including phenoxy) is 3. The van der Waals surface area contributed by atoms with Crippen LogP contribution in [-0.4, -0.2) is 48.3 Å². The van der Waals surface area contributed by atoms with Gasteiger partial charge in [-0.1, -0.05) is 77.7 Å². The quantitative estimate of drug-likeness (QED) is 0.0584. The molecule has 0 radical (unpaired) electrons. The number of hydrogen-bond donors (Lipinski definition) is 1. The van der Waals surface area contributed by atoms with Crippen molar-refractivity contribution in [3.63, 3.8) is 0 Å². The summed E-state index contributed by atoms with van der Waals surface area (Å²) in [7, 11) is 4.34. The summed E-state index contributed by atoms with van der Waals surface area (Å²) >= 11 is 2.60. The Bertz CT molecular complexity index is 2000. The summed E-state index contributed by atoms with van der Waals surface area (Å²) in [6.07, 6.45) is 0. The molecule has 0 bridgehead atoms. The average molecular weight is 658 g/mol. The van der Waals surface area contributed by atoms with E-state index in [1.807, 2.05) is 24.3 Å². The van der Waals surface area contributed by atoms with Crippen molar-refractivity contribution in [2.24, 2.45) is 0 Å². The molecule has 0 aliphatic carbocycles. The van der Waals surface area contributed by atoms with Crippen molar-refractivity contribution >= 4 is 56.5 Å². The monoisotopic (exact) mass is 657 g/mol. The molecule has 46 heavy (non-hydrogen) atoms. The third-order valence-corrected chi connectivity index (χ3v) is 9.83. The molecule has 1 amide bonds. The molecule has 1 N–H and O–H groups in total. The number of benzene rings is 4. The molecular weight excluding hydrogens is 630 g/mol. The fraction of sp³-hybridized carbons (Fsp3) is 0.176. The zero-order chi connectivity index (χ0) is 32.5. The predicted molar refractivity (Wildman–Crippen MR) is 175 cm³/mol. The number of aryl methyl sites for hydroxylation is 1. The molecule has 1 unspecified atom stereocenters. The lowest BCUT2D eigenvalue weighted by Crippen LogP contribution is -2.29. The Balaban J connectivity index is 1.44. The van der Waals surface area contributed by atoms with Gasteiger partial charge >= 0.3 is 5.91 Å². The van der Waals surface area contributed by atoms with Gasteiger partial charge < -0.3 is 19.3 Å². The highest BCUT2D eigenvalue weighted by Crippen LogP contribution is 2.48. The molecule has 6 rings (SSSR count). The summed E-state index contributed by atoms with van der Waals surface area (Å²) in [6.45, 7) is 1.58. The number of carbonyl (C=O) groups excluding carboxylic acids is 2. The Morgan fingerprint density at radius 2 is 1.67 bits per heavy atom. The van der Waals surface area contributed by atoms with Gasteiger partial charge in [-0.3, -0.25) is 14.5 Å². The number of aliphatic hydroxyl groups is 1. The fourth-order valence-electron chi connectivity index (χ4n) is 5.42. The number of thioether (sulfide) groups is 1. The van der Waals surface area contributed by atoms with E-state index in [1.54, 1.807) is 19.1 Å². The van der Waals surface area contributed by atoms with E-state index in [0.29, 0.717) is 27.0 Å². The molecule has 0 saturated carbocycles. The van der Waals surface area contributed by atoms with Crippen molar-refractivity contribution < 1.29 is 33.3 Å². The number of halogens is 1. The number of carbonyl (C=O) groups is 2. The van der Waals surface area contributed by atoms with Crippen LogP contribution in [0.5, 0.6) is 17.2 Å². The summed E-state index contributed by atoms with van der Waals surface area (Å²) in [5.41, 5.74) is 1.64. The third-order valence-electron chi connectivity index (χ3n) is 7.73. The highest BCUT2D eigenvalue weighted by molar-refractivity contribution is 8.00. The molecule has 234 valence electrons. The maximum Gasteiger partial charge on any atom is 0.301 e. The summed E-state index contributed by atoms with van der Waals surface area (Å²) in [6, 6.07) is 20.3. The van der Waals surface area contributed by atoms with Gasteiger partial charge in [-0.2, -0.15) is 0 Å². The van der Waals surface area contributed by atoms with Gasteiger partial charge in [0.25, 0.3) is 5.78 Å². The Morgan fingerprint density at radius 1 is 0.957 bits per heavy atom. The second-order valence-corrected chi connectivity index (χ2v) is 12.5. The first kappa shape index (κ1) is 31.1. The minimum atomic E-state index is -1.18. The van der Waals surface area contributed by atoms with E-state index >= 15 is 0 Å². The van der Waals surface area contributed by atoms with Crippen LogP contribution in [0.3, 0.4) is 0 Å². The summed E-state index contributed by atoms with van der Waals surface area (Å²) in [5.74, 6) is -1.54. The molecule has 1 saturated heterocycles. The van der Waals surface area contributed by atoms with Crippen LogP contribution in [0.1, 0.15) is 28.3 Å². The van der Waals surface area contributed by atoms with E-state index in [9.17, 15) is 19.1 Å². The molecule has 4 aromatic carbocycles. The van der Waals surface area contributed by atoms with E-state index in [2.05, 4.69) is 28.4 Å². The molecule has 1 fully saturated rings. The summed E-state index contributed by atoms with van der Waals surface area (Å²) < 4.78 is 31.7. The Hall–Kier alpha value is -4.94. The summed E-state index contributed by atoms with van der Waals surface area (Å²) in [4.78, 5) is 28.6. The lowest BCUT2D eigenvalue weighted by molar-refractivity contribution is -0.132. The number of aliphatic hydroxyl groups excluding tert-OH is 1. The molecule has 12 heteroatoms. The molecule has 1 aliphatic heterocycles.